The minimum atomic E-state index is -4.51. The fourth-order valence-corrected chi connectivity index (χ4v) is 2.33. The van der Waals surface area contributed by atoms with Crippen molar-refractivity contribution < 1.29 is 22.8 Å². The molecule has 0 radical (unpaired) electrons. The predicted octanol–water partition coefficient (Wildman–Crippen LogP) is 4.35. The highest BCUT2D eigenvalue weighted by Crippen LogP contribution is 2.30. The third-order valence-electron chi connectivity index (χ3n) is 3.28. The predicted molar refractivity (Wildman–Crippen MR) is 89.6 cm³/mol. The van der Waals surface area contributed by atoms with E-state index in [1.807, 2.05) is 0 Å². The Morgan fingerprint density at radius 2 is 1.80 bits per heavy atom. The van der Waals surface area contributed by atoms with Gasteiger partial charge in [-0.1, -0.05) is 23.7 Å². The first-order chi connectivity index (χ1) is 11.7. The van der Waals surface area contributed by atoms with Gasteiger partial charge in [0.05, 0.1) is 5.56 Å². The lowest BCUT2D eigenvalue weighted by atomic mass is 10.2. The SMILES string of the molecule is CC(=O)N(CC(=O)Nc1cccc(C(F)(F)F)c1)c1cccc(Cl)c1. The molecular weight excluding hydrogens is 357 g/mol. The number of nitrogens with zero attached hydrogens (tertiary/aromatic N) is 1. The Morgan fingerprint density at radius 1 is 1.12 bits per heavy atom. The summed E-state index contributed by atoms with van der Waals surface area (Å²) in [6, 6.07) is 10.6. The maximum absolute atomic E-state index is 12.7. The normalized spacial score (nSPS) is 11.1. The van der Waals surface area contributed by atoms with E-state index in [4.69, 9.17) is 11.6 Å². The van der Waals surface area contributed by atoms with Gasteiger partial charge < -0.3 is 10.2 Å². The maximum Gasteiger partial charge on any atom is 0.416 e. The van der Waals surface area contributed by atoms with Crippen molar-refractivity contribution in [3.8, 4) is 0 Å². The van der Waals surface area contributed by atoms with Crippen molar-refractivity contribution in [1.29, 1.82) is 0 Å². The van der Waals surface area contributed by atoms with Crippen molar-refractivity contribution in [3.63, 3.8) is 0 Å². The van der Waals surface area contributed by atoms with Gasteiger partial charge in [-0.05, 0) is 36.4 Å². The molecule has 1 N–H and O–H groups in total. The van der Waals surface area contributed by atoms with Crippen molar-refractivity contribution in [2.24, 2.45) is 0 Å². The number of benzene rings is 2. The standard InChI is InChI=1S/C17H14ClF3N2O2/c1-11(24)23(15-7-3-5-13(18)9-15)10-16(25)22-14-6-2-4-12(8-14)17(19,20)21/h2-9H,10H2,1H3,(H,22,25). The van der Waals surface area contributed by atoms with Crippen LogP contribution in [0.5, 0.6) is 0 Å². The summed E-state index contributed by atoms with van der Waals surface area (Å²) >= 11 is 5.87. The van der Waals surface area contributed by atoms with Crippen molar-refractivity contribution in [1.82, 2.24) is 0 Å². The molecular formula is C17H14ClF3N2O2. The topological polar surface area (TPSA) is 49.4 Å². The molecule has 0 atom stereocenters. The third-order valence-corrected chi connectivity index (χ3v) is 3.51. The summed E-state index contributed by atoms with van der Waals surface area (Å²) in [5.41, 5.74) is -0.461. The third kappa shape index (κ3) is 5.22. The van der Waals surface area contributed by atoms with Gasteiger partial charge in [-0.25, -0.2) is 0 Å². The van der Waals surface area contributed by atoms with Gasteiger partial charge in [-0.2, -0.15) is 13.2 Å². The van der Waals surface area contributed by atoms with E-state index in [1.165, 1.54) is 30.0 Å². The Hall–Kier alpha value is -2.54. The van der Waals surface area contributed by atoms with E-state index >= 15 is 0 Å². The van der Waals surface area contributed by atoms with E-state index in [0.29, 0.717) is 10.7 Å². The largest absolute Gasteiger partial charge is 0.416 e. The zero-order chi connectivity index (χ0) is 18.6. The van der Waals surface area contributed by atoms with Crippen LogP contribution in [0.3, 0.4) is 0 Å². The maximum atomic E-state index is 12.7. The van der Waals surface area contributed by atoms with Gasteiger partial charge in [0.1, 0.15) is 6.54 Å². The van der Waals surface area contributed by atoms with Crippen molar-refractivity contribution in [2.75, 3.05) is 16.8 Å². The Morgan fingerprint density at radius 3 is 2.40 bits per heavy atom. The lowest BCUT2D eigenvalue weighted by Crippen LogP contribution is -2.36. The minimum absolute atomic E-state index is 0.00517. The van der Waals surface area contributed by atoms with Crippen molar-refractivity contribution in [3.05, 3.63) is 59.1 Å². The molecule has 2 aromatic carbocycles. The summed E-state index contributed by atoms with van der Waals surface area (Å²) < 4.78 is 38.1. The van der Waals surface area contributed by atoms with Gasteiger partial charge in [-0.3, -0.25) is 9.59 Å². The molecule has 0 spiro atoms. The Kier molecular flexibility index (Phi) is 5.69. The zero-order valence-electron chi connectivity index (χ0n) is 13.1. The quantitative estimate of drug-likeness (QED) is 0.869. The highest BCUT2D eigenvalue weighted by Gasteiger charge is 2.30. The average molecular weight is 371 g/mol. The van der Waals surface area contributed by atoms with E-state index in [-0.39, 0.29) is 12.2 Å². The van der Waals surface area contributed by atoms with Gasteiger partial charge in [0.15, 0.2) is 0 Å². The molecule has 4 nitrogen and oxygen atoms in total. The molecule has 25 heavy (non-hydrogen) atoms. The molecule has 8 heteroatoms. The Balaban J connectivity index is 2.14. The van der Waals surface area contributed by atoms with Gasteiger partial charge in [0.25, 0.3) is 0 Å². The first-order valence-corrected chi connectivity index (χ1v) is 7.55. The average Bonchev–Trinajstić information content (AvgIpc) is 2.51. The van der Waals surface area contributed by atoms with Gasteiger partial charge in [0.2, 0.25) is 11.8 Å². The van der Waals surface area contributed by atoms with E-state index in [2.05, 4.69) is 5.32 Å². The molecule has 0 heterocycles. The highest BCUT2D eigenvalue weighted by molar-refractivity contribution is 6.31. The number of amides is 2. The van der Waals surface area contributed by atoms with Gasteiger partial charge >= 0.3 is 6.18 Å². The molecule has 2 amide bonds. The first-order valence-electron chi connectivity index (χ1n) is 7.17. The van der Waals surface area contributed by atoms with E-state index in [9.17, 15) is 22.8 Å². The molecule has 0 aliphatic heterocycles. The number of carbonyl (C=O) groups is 2. The molecule has 0 aliphatic carbocycles. The molecule has 2 aromatic rings. The summed E-state index contributed by atoms with van der Waals surface area (Å²) in [5, 5.41) is 2.75. The zero-order valence-corrected chi connectivity index (χ0v) is 13.9. The fourth-order valence-electron chi connectivity index (χ4n) is 2.15. The molecule has 0 saturated heterocycles. The lowest BCUT2D eigenvalue weighted by molar-refractivity contribution is -0.137. The van der Waals surface area contributed by atoms with Crippen molar-refractivity contribution >= 4 is 34.8 Å². The summed E-state index contributed by atoms with van der Waals surface area (Å²) in [4.78, 5) is 25.1. The van der Waals surface area contributed by atoms with Crippen LogP contribution in [0.4, 0.5) is 24.5 Å². The second-order valence-electron chi connectivity index (χ2n) is 5.21. The van der Waals surface area contributed by atoms with Crippen LogP contribution in [0.15, 0.2) is 48.5 Å². The Bertz CT molecular complexity index is 793. The molecule has 2 rings (SSSR count). The summed E-state index contributed by atoms with van der Waals surface area (Å²) in [6.45, 7) is 0.921. The van der Waals surface area contributed by atoms with Crippen LogP contribution in [0.1, 0.15) is 12.5 Å². The molecule has 0 aromatic heterocycles. The van der Waals surface area contributed by atoms with Crippen LogP contribution in [0, 0.1) is 0 Å². The summed E-state index contributed by atoms with van der Waals surface area (Å²) in [6.07, 6.45) is -4.51. The number of anilines is 2. The minimum Gasteiger partial charge on any atom is -0.325 e. The molecule has 0 unspecified atom stereocenters. The number of rotatable bonds is 4. The Labute approximate surface area is 147 Å². The van der Waals surface area contributed by atoms with E-state index in [0.717, 1.165) is 12.1 Å². The summed E-state index contributed by atoms with van der Waals surface area (Å²) in [7, 11) is 0. The lowest BCUT2D eigenvalue weighted by Gasteiger charge is -2.21. The second kappa shape index (κ2) is 7.57. The second-order valence-corrected chi connectivity index (χ2v) is 5.65. The van der Waals surface area contributed by atoms with Crippen LogP contribution in [-0.4, -0.2) is 18.4 Å². The monoisotopic (exact) mass is 370 g/mol. The van der Waals surface area contributed by atoms with Crippen molar-refractivity contribution in [2.45, 2.75) is 13.1 Å². The first kappa shape index (κ1) is 18.8. The number of alkyl halides is 3. The van der Waals surface area contributed by atoms with Crippen LogP contribution < -0.4 is 10.2 Å². The smallest absolute Gasteiger partial charge is 0.325 e. The van der Waals surface area contributed by atoms with Crippen LogP contribution in [-0.2, 0) is 15.8 Å². The number of nitrogens with one attached hydrogen (secondary N) is 1. The number of hydrogen-bond donors (Lipinski definition) is 1. The molecule has 0 saturated carbocycles. The van der Waals surface area contributed by atoms with E-state index in [1.54, 1.807) is 18.2 Å². The molecule has 132 valence electrons. The van der Waals surface area contributed by atoms with Crippen LogP contribution in [0.25, 0.3) is 0 Å². The van der Waals surface area contributed by atoms with Gasteiger partial charge in [0, 0.05) is 23.3 Å². The fraction of sp³-hybridized carbons (Fsp3) is 0.176. The summed E-state index contributed by atoms with van der Waals surface area (Å²) in [5.74, 6) is -1.03. The van der Waals surface area contributed by atoms with Gasteiger partial charge in [-0.15, -0.1) is 0 Å². The molecule has 0 fully saturated rings. The molecule has 0 aliphatic rings. The molecule has 0 bridgehead atoms. The number of hydrogen-bond acceptors (Lipinski definition) is 2. The van der Waals surface area contributed by atoms with Crippen LogP contribution in [0.2, 0.25) is 5.02 Å². The number of halogens is 4. The van der Waals surface area contributed by atoms with E-state index < -0.39 is 23.6 Å². The number of carbonyl (C=O) groups excluding carboxylic acids is 2. The highest BCUT2D eigenvalue weighted by atomic mass is 35.5. The van der Waals surface area contributed by atoms with Crippen LogP contribution >= 0.6 is 11.6 Å².